The Kier molecular flexibility index (Phi) is 45.3. The predicted octanol–water partition coefficient (Wildman–Crippen LogP) is 32.1. The third-order valence-corrected chi connectivity index (χ3v) is 25.3. The van der Waals surface area contributed by atoms with Gasteiger partial charge in [-0.2, -0.15) is 0 Å². The van der Waals surface area contributed by atoms with Crippen molar-refractivity contribution in [1.82, 2.24) is 25.3 Å². The lowest BCUT2D eigenvalue weighted by molar-refractivity contribution is 0.323. The van der Waals surface area contributed by atoms with Gasteiger partial charge in [0.15, 0.2) is 0 Å². The SMILES string of the molecule is C1=Cc2ccccc2CN1.C1=Cc2ccccc2NC1.C1=NCc2ccccc21.C1CCCC1.C1CCCCC1.c1ccc2[nH]ccc2c1.c1ccc2c(c1)CCC2.c1ccc2c(c1)CCCC2.c1ccc2c(c1)CCN2.c1ccc2c(c1)NCCO2.c1ccc2c(c1)NCCS2.c1ccc2ccccc2c1.c1ccc2cnccc2c1.c1ccc2ncccc2c1.c1ccccc1.c1ccncc1. The smallest absolute Gasteiger partial charge is 0.142 e. The van der Waals surface area contributed by atoms with Gasteiger partial charge in [0.25, 0.3) is 0 Å². The van der Waals surface area contributed by atoms with Crippen LogP contribution in [-0.4, -0.2) is 64.7 Å². The maximum absolute atomic E-state index is 5.36. The topological polar surface area (TPSA) is 136 Å². The van der Waals surface area contributed by atoms with E-state index in [9.17, 15) is 0 Å². The van der Waals surface area contributed by atoms with Crippen molar-refractivity contribution in [3.63, 3.8) is 0 Å². The highest BCUT2D eigenvalue weighted by Gasteiger charge is 2.12. The molecule has 706 valence electrons. The minimum Gasteiger partial charge on any atom is -0.490 e. The van der Waals surface area contributed by atoms with Crippen LogP contribution in [0.4, 0.5) is 22.7 Å². The van der Waals surface area contributed by atoms with Crippen molar-refractivity contribution < 1.29 is 4.74 Å². The van der Waals surface area contributed by atoms with Crippen molar-refractivity contribution >= 4 is 96.2 Å². The Labute approximate surface area is 830 Å². The molecule has 0 spiro atoms. The first-order valence-electron chi connectivity index (χ1n) is 49.9. The number of thioether (sulfide) groups is 1. The van der Waals surface area contributed by atoms with Gasteiger partial charge >= 0.3 is 0 Å². The van der Waals surface area contributed by atoms with Crippen molar-refractivity contribution in [1.29, 1.82) is 0 Å². The van der Waals surface area contributed by atoms with Crippen LogP contribution in [0.15, 0.2) is 454 Å². The summed E-state index contributed by atoms with van der Waals surface area (Å²) in [4.78, 5) is 20.6. The van der Waals surface area contributed by atoms with Crippen LogP contribution in [-0.2, 0) is 45.2 Å². The molecule has 2 fully saturated rings. The molecular weight excluding hydrogens is 1710 g/mol. The number of rotatable bonds is 0. The fourth-order valence-corrected chi connectivity index (χ4v) is 17.7. The van der Waals surface area contributed by atoms with Crippen molar-refractivity contribution in [2.75, 3.05) is 59.8 Å². The molecule has 0 amide bonds. The monoisotopic (exact) mass is 1850 g/mol. The van der Waals surface area contributed by atoms with E-state index in [1.54, 1.807) is 34.6 Å². The molecule has 0 radical (unpaired) electrons. The Bertz CT molecular complexity index is 5690. The van der Waals surface area contributed by atoms with Gasteiger partial charge in [0.05, 0.1) is 17.7 Å². The number of ether oxygens (including phenoxy) is 1. The highest BCUT2D eigenvalue weighted by atomic mass is 32.2. The van der Waals surface area contributed by atoms with E-state index in [-0.39, 0.29) is 0 Å². The first-order valence-corrected chi connectivity index (χ1v) is 50.9. The summed E-state index contributed by atoms with van der Waals surface area (Å²) in [7, 11) is 0. The van der Waals surface area contributed by atoms with Crippen LogP contribution in [0.5, 0.6) is 5.75 Å². The normalized spacial score (nSPS) is 13.6. The van der Waals surface area contributed by atoms with E-state index in [1.807, 2.05) is 201 Å². The maximum atomic E-state index is 5.36. The molecule has 0 unspecified atom stereocenters. The number of H-pyrrole nitrogens is 1. The average Bonchev–Trinajstić information content (AvgIpc) is 1.79. The van der Waals surface area contributed by atoms with Crippen LogP contribution >= 0.6 is 11.8 Å². The Morgan fingerprint density at radius 2 is 0.763 bits per heavy atom. The lowest BCUT2D eigenvalue weighted by atomic mass is 9.92. The summed E-state index contributed by atoms with van der Waals surface area (Å²) >= 11 is 1.93. The number of pyridine rings is 3. The molecule has 14 aromatic carbocycles. The van der Waals surface area contributed by atoms with Gasteiger partial charge in [0, 0.05) is 115 Å². The minimum atomic E-state index is 0.775. The maximum Gasteiger partial charge on any atom is 0.142 e. The second-order valence-electron chi connectivity index (χ2n) is 34.3. The van der Waals surface area contributed by atoms with Crippen LogP contribution in [0.2, 0.25) is 0 Å². The Morgan fingerprint density at radius 3 is 1.32 bits per heavy atom. The number of para-hydroxylation sites is 7. The summed E-state index contributed by atoms with van der Waals surface area (Å²) in [6.45, 7) is 6.69. The van der Waals surface area contributed by atoms with E-state index in [1.165, 1.54) is 221 Å². The van der Waals surface area contributed by atoms with Gasteiger partial charge in [-0.25, -0.2) is 0 Å². The van der Waals surface area contributed by atoms with Crippen molar-refractivity contribution in [2.45, 2.75) is 140 Å². The second kappa shape index (κ2) is 62.0. The third-order valence-electron chi connectivity index (χ3n) is 24.2. The van der Waals surface area contributed by atoms with Gasteiger partial charge in [-0.1, -0.05) is 398 Å². The molecule has 18 aromatic rings. The molecule has 0 bridgehead atoms. The largest absolute Gasteiger partial charge is 0.490 e. The molecule has 4 aromatic heterocycles. The number of hydrogen-bond donors (Lipinski definition) is 6. The molecule has 10 heterocycles. The van der Waals surface area contributed by atoms with Gasteiger partial charge in [-0.15, -0.1) is 11.8 Å². The van der Waals surface area contributed by atoms with Crippen LogP contribution < -0.4 is 31.3 Å². The number of aromatic nitrogens is 4. The average molecular weight is 1850 g/mol. The standard InChI is InChI=1S/C10H12.C10H8.C9H9N.C9H7N.C9H9N.C9H7N.C9H10.C8H9NO.C8H9NS.C8H7N.C8H9N.C8H7N.C6H12.C6H6.C5H5N.C5H10/c2*1-2-6-10-8-4-3-7-9(10)5-1;2*1-2-6-9-8(4-1)5-3-7-10-9;2*1-2-4-9-7-10-6-5-8(9)3-1;1-2-5-9-7-3-6-8(9)4-1;2*1-2-4-8-7(3-1)9-5-6-10-8;1-2-4-8-6-9-5-7(8)3-1;2*1-2-4-8-7(3-1)5-6-9-8;3*1-2-4-6-5-3-1;1-2-4-5-3-1/h1-2,5-6H,3-4,7-8H2;1-8H;1-6,10H,7H2;1-7H;1-6,10H,7H2;1-7H;1-2,4-5H,3,6-7H2;2*1-4,9H,5-6H2;1-5H,6H2;1-4,9H,5-6H2;1-6,9H;1-6H2;1-6H;1-5H;1-5H2. The van der Waals surface area contributed by atoms with Gasteiger partial charge in [0.2, 0.25) is 0 Å². The Hall–Kier alpha value is -14.9. The van der Waals surface area contributed by atoms with Gasteiger partial charge in [-0.05, 0) is 225 Å². The van der Waals surface area contributed by atoms with Gasteiger partial charge < -0.3 is 36.3 Å². The highest BCUT2D eigenvalue weighted by molar-refractivity contribution is 7.99. The minimum absolute atomic E-state index is 0.775. The lowest BCUT2D eigenvalue weighted by Gasteiger charge is -2.17. The summed E-state index contributed by atoms with van der Waals surface area (Å²) in [5.74, 6) is 2.16. The number of nitrogens with one attached hydrogen (secondary N) is 6. The van der Waals surface area contributed by atoms with E-state index in [0.717, 1.165) is 62.8 Å². The van der Waals surface area contributed by atoms with E-state index < -0.39 is 0 Å². The number of aryl methyl sites for hydroxylation is 4. The summed E-state index contributed by atoms with van der Waals surface area (Å²) in [5, 5.41) is 23.9. The summed E-state index contributed by atoms with van der Waals surface area (Å²) in [5.41, 5.74) is 21.6. The molecule has 4 aliphatic carbocycles. The molecule has 0 atom stereocenters. The Balaban J connectivity index is 0.000000125. The van der Waals surface area contributed by atoms with Crippen LogP contribution in [0, 0.1) is 0 Å². The summed E-state index contributed by atoms with van der Waals surface area (Å²) < 4.78 is 5.36. The van der Waals surface area contributed by atoms with E-state index in [0.29, 0.717) is 0 Å². The molecule has 11 nitrogen and oxygen atoms in total. The zero-order valence-corrected chi connectivity index (χ0v) is 81.4. The van der Waals surface area contributed by atoms with E-state index in [4.69, 9.17) is 4.74 Å². The van der Waals surface area contributed by atoms with Crippen molar-refractivity contribution in [2.24, 2.45) is 4.99 Å². The highest BCUT2D eigenvalue weighted by Crippen LogP contribution is 2.31. The molecule has 12 heteroatoms. The number of hydrogen-bond acceptors (Lipinski definition) is 11. The zero-order valence-electron chi connectivity index (χ0n) is 80.6. The number of aromatic amines is 1. The van der Waals surface area contributed by atoms with Crippen molar-refractivity contribution in [3.05, 3.63) is 499 Å². The first kappa shape index (κ1) is 102. The van der Waals surface area contributed by atoms with Crippen molar-refractivity contribution in [3.8, 4) is 5.75 Å². The lowest BCUT2D eigenvalue weighted by Crippen LogP contribution is -2.17. The predicted molar refractivity (Wildman–Crippen MR) is 597 cm³/mol. The second-order valence-corrected chi connectivity index (χ2v) is 35.5. The molecule has 2 saturated carbocycles. The number of nitrogens with zero attached hydrogens (tertiary/aromatic N) is 4. The van der Waals surface area contributed by atoms with Gasteiger partial charge in [0.1, 0.15) is 12.4 Å². The molecule has 0 saturated heterocycles. The molecular formula is C127H136N10OS. The molecule has 10 aliphatic rings. The number of fused-ring (bicyclic) bond motifs is 12. The molecule has 6 N–H and O–H groups in total. The van der Waals surface area contributed by atoms with Crippen LogP contribution in [0.25, 0.3) is 55.5 Å². The quantitative estimate of drug-likeness (QED) is 0.0871. The van der Waals surface area contributed by atoms with Crippen LogP contribution in [0.3, 0.4) is 0 Å². The van der Waals surface area contributed by atoms with E-state index in [2.05, 4.69) is 312 Å². The fourth-order valence-electron chi connectivity index (χ4n) is 16.8. The van der Waals surface area contributed by atoms with Gasteiger partial charge in [-0.3, -0.25) is 19.9 Å². The summed E-state index contributed by atoms with van der Waals surface area (Å²) in [6.07, 6.45) is 48.2. The van der Waals surface area contributed by atoms with Crippen LogP contribution in [0.1, 0.15) is 146 Å². The molecule has 6 aliphatic heterocycles. The number of aliphatic imine (C=N–C) groups is 1. The number of benzene rings is 14. The molecule has 139 heavy (non-hydrogen) atoms. The Morgan fingerprint density at radius 1 is 0.288 bits per heavy atom. The fraction of sp³-hybridized carbons (Fsp3) is 0.213. The first-order chi connectivity index (χ1) is 69.1. The summed E-state index contributed by atoms with van der Waals surface area (Å²) in [6, 6.07) is 134. The molecule has 28 rings (SSSR count). The zero-order chi connectivity index (χ0) is 95.2. The van der Waals surface area contributed by atoms with E-state index >= 15 is 0 Å². The number of anilines is 4. The third kappa shape index (κ3) is 37.3.